The van der Waals surface area contributed by atoms with Crippen molar-refractivity contribution in [3.8, 4) is 0 Å². The van der Waals surface area contributed by atoms with Gasteiger partial charge in [-0.05, 0) is 61.6 Å². The summed E-state index contributed by atoms with van der Waals surface area (Å²) in [5.74, 6) is -0.386. The van der Waals surface area contributed by atoms with E-state index in [9.17, 15) is 12.8 Å². The average molecular weight is 357 g/mol. The highest BCUT2D eigenvalue weighted by atomic mass is 127. The Hall–Kier alpha value is -0.370. The van der Waals surface area contributed by atoms with Gasteiger partial charge in [0.2, 0.25) is 10.0 Å². The van der Waals surface area contributed by atoms with Crippen LogP contribution < -0.4 is 4.72 Å². The smallest absolute Gasteiger partial charge is 0.237 e. The van der Waals surface area contributed by atoms with E-state index in [1.165, 1.54) is 18.2 Å². The minimum atomic E-state index is -3.46. The van der Waals surface area contributed by atoms with Crippen LogP contribution in [0.2, 0.25) is 0 Å². The average Bonchev–Trinajstić information content (AvgIpc) is 2.08. The zero-order valence-electron chi connectivity index (χ0n) is 9.21. The summed E-state index contributed by atoms with van der Waals surface area (Å²) in [5, 5.41) is 0. The molecule has 1 aromatic carbocycles. The fourth-order valence-corrected chi connectivity index (χ4v) is 2.44. The molecule has 0 saturated carbocycles. The molecular weight excluding hydrogens is 344 g/mol. The molecule has 0 saturated heterocycles. The zero-order chi connectivity index (χ0) is 12.6. The van der Waals surface area contributed by atoms with Gasteiger partial charge in [0.1, 0.15) is 5.82 Å². The lowest BCUT2D eigenvalue weighted by Crippen LogP contribution is -2.33. The fourth-order valence-electron chi connectivity index (χ4n) is 0.870. The first kappa shape index (κ1) is 13.7. The molecule has 3 nitrogen and oxygen atoms in total. The maximum absolute atomic E-state index is 12.8. The molecule has 0 atom stereocenters. The van der Waals surface area contributed by atoms with Gasteiger partial charge in [-0.3, -0.25) is 4.72 Å². The van der Waals surface area contributed by atoms with Crippen LogP contribution in [0.4, 0.5) is 10.1 Å². The van der Waals surface area contributed by atoms with Crippen molar-refractivity contribution < 1.29 is 12.8 Å². The number of anilines is 1. The quantitative estimate of drug-likeness (QED) is 0.828. The van der Waals surface area contributed by atoms with E-state index in [4.69, 9.17) is 0 Å². The Balaban J connectivity index is 3.07. The van der Waals surface area contributed by atoms with Crippen molar-refractivity contribution in [3.63, 3.8) is 0 Å². The highest BCUT2D eigenvalue weighted by molar-refractivity contribution is 14.1. The first-order valence-corrected chi connectivity index (χ1v) is 7.17. The Kier molecular flexibility index (Phi) is 3.83. The molecule has 6 heteroatoms. The second-order valence-electron chi connectivity index (χ2n) is 4.34. The first-order valence-electron chi connectivity index (χ1n) is 4.61. The molecule has 90 valence electrons. The van der Waals surface area contributed by atoms with Crippen molar-refractivity contribution >= 4 is 38.3 Å². The molecule has 0 aliphatic rings. The number of halogens is 2. The van der Waals surface area contributed by atoms with E-state index >= 15 is 0 Å². The molecule has 0 aromatic heterocycles. The van der Waals surface area contributed by atoms with Gasteiger partial charge in [0, 0.05) is 3.57 Å². The molecule has 16 heavy (non-hydrogen) atoms. The summed E-state index contributed by atoms with van der Waals surface area (Å²) in [5.41, 5.74) is 0.400. The van der Waals surface area contributed by atoms with Gasteiger partial charge in [-0.25, -0.2) is 12.8 Å². The SMILES string of the molecule is CC(C)(C)S(=O)(=O)Nc1ccc(F)cc1I. The zero-order valence-corrected chi connectivity index (χ0v) is 12.2. The second-order valence-corrected chi connectivity index (χ2v) is 7.94. The summed E-state index contributed by atoms with van der Waals surface area (Å²) in [4.78, 5) is 0. The van der Waals surface area contributed by atoms with Crippen molar-refractivity contribution in [2.24, 2.45) is 0 Å². The van der Waals surface area contributed by atoms with Crippen LogP contribution in [0, 0.1) is 9.39 Å². The summed E-state index contributed by atoms with van der Waals surface area (Å²) in [6, 6.07) is 3.92. The second kappa shape index (κ2) is 4.48. The fraction of sp³-hybridized carbons (Fsp3) is 0.400. The molecule has 1 rings (SSSR count). The first-order chi connectivity index (χ1) is 7.13. The highest BCUT2D eigenvalue weighted by Crippen LogP contribution is 2.24. The van der Waals surface area contributed by atoms with Gasteiger partial charge in [-0.1, -0.05) is 0 Å². The molecule has 1 aromatic rings. The van der Waals surface area contributed by atoms with Gasteiger partial charge in [-0.15, -0.1) is 0 Å². The van der Waals surface area contributed by atoms with Crippen molar-refractivity contribution in [2.75, 3.05) is 4.72 Å². The summed E-state index contributed by atoms with van der Waals surface area (Å²) in [7, 11) is -3.46. The molecule has 0 aliphatic heterocycles. The van der Waals surface area contributed by atoms with Crippen LogP contribution in [0.3, 0.4) is 0 Å². The predicted octanol–water partition coefficient (Wildman–Crippen LogP) is 2.97. The van der Waals surface area contributed by atoms with Crippen molar-refractivity contribution in [2.45, 2.75) is 25.5 Å². The molecule has 0 amide bonds. The molecule has 0 bridgehead atoms. The Bertz CT molecular complexity index is 494. The highest BCUT2D eigenvalue weighted by Gasteiger charge is 2.29. The summed E-state index contributed by atoms with van der Waals surface area (Å²) in [6.07, 6.45) is 0. The van der Waals surface area contributed by atoms with Gasteiger partial charge in [-0.2, -0.15) is 0 Å². The number of benzene rings is 1. The van der Waals surface area contributed by atoms with Crippen LogP contribution in [0.15, 0.2) is 18.2 Å². The van der Waals surface area contributed by atoms with E-state index in [1.807, 2.05) is 22.6 Å². The third-order valence-electron chi connectivity index (χ3n) is 1.98. The molecule has 0 unspecified atom stereocenters. The predicted molar refractivity (Wildman–Crippen MR) is 71.4 cm³/mol. The van der Waals surface area contributed by atoms with E-state index in [0.29, 0.717) is 9.26 Å². The third kappa shape index (κ3) is 3.07. The standard InChI is InChI=1S/C10H13FINO2S/c1-10(2,3)16(14,15)13-9-5-4-7(11)6-8(9)12/h4-6,13H,1-3H3. The van der Waals surface area contributed by atoms with Crippen LogP contribution in [0.25, 0.3) is 0 Å². The molecule has 0 fully saturated rings. The minimum absolute atomic E-state index is 0.386. The molecule has 0 aliphatic carbocycles. The van der Waals surface area contributed by atoms with Gasteiger partial charge in [0.25, 0.3) is 0 Å². The lowest BCUT2D eigenvalue weighted by atomic mass is 10.3. The van der Waals surface area contributed by atoms with Gasteiger partial charge in [0.15, 0.2) is 0 Å². The van der Waals surface area contributed by atoms with Crippen molar-refractivity contribution in [1.29, 1.82) is 0 Å². The Morgan fingerprint density at radius 3 is 2.31 bits per heavy atom. The van der Waals surface area contributed by atoms with Crippen molar-refractivity contribution in [3.05, 3.63) is 27.6 Å². The number of hydrogen-bond donors (Lipinski definition) is 1. The van der Waals surface area contributed by atoms with Gasteiger partial charge < -0.3 is 0 Å². The minimum Gasteiger partial charge on any atom is -0.282 e. The van der Waals surface area contributed by atoms with E-state index in [1.54, 1.807) is 20.8 Å². The van der Waals surface area contributed by atoms with Crippen LogP contribution in [0.1, 0.15) is 20.8 Å². The van der Waals surface area contributed by atoms with E-state index in [0.717, 1.165) is 0 Å². The maximum Gasteiger partial charge on any atom is 0.237 e. The van der Waals surface area contributed by atoms with Gasteiger partial charge >= 0.3 is 0 Å². The Morgan fingerprint density at radius 2 is 1.88 bits per heavy atom. The van der Waals surface area contributed by atoms with E-state index in [2.05, 4.69) is 4.72 Å². The summed E-state index contributed by atoms with van der Waals surface area (Å²) < 4.78 is 38.6. The Labute approximate surface area is 109 Å². The molecule has 1 N–H and O–H groups in total. The number of sulfonamides is 1. The number of rotatable bonds is 2. The molecular formula is C10H13FINO2S. The summed E-state index contributed by atoms with van der Waals surface area (Å²) >= 11 is 1.89. The Morgan fingerprint density at radius 1 is 1.31 bits per heavy atom. The topological polar surface area (TPSA) is 46.2 Å². The number of nitrogens with one attached hydrogen (secondary N) is 1. The number of hydrogen-bond acceptors (Lipinski definition) is 2. The summed E-state index contributed by atoms with van der Waals surface area (Å²) in [6.45, 7) is 4.81. The van der Waals surface area contributed by atoms with Gasteiger partial charge in [0.05, 0.1) is 10.4 Å². The maximum atomic E-state index is 12.8. The van der Waals surface area contributed by atoms with Crippen LogP contribution in [-0.2, 0) is 10.0 Å². The van der Waals surface area contributed by atoms with Crippen molar-refractivity contribution in [1.82, 2.24) is 0 Å². The molecule has 0 radical (unpaired) electrons. The van der Waals surface area contributed by atoms with Crippen LogP contribution >= 0.6 is 22.6 Å². The van der Waals surface area contributed by atoms with Crippen LogP contribution in [-0.4, -0.2) is 13.2 Å². The van der Waals surface area contributed by atoms with E-state index < -0.39 is 14.8 Å². The monoisotopic (exact) mass is 357 g/mol. The lowest BCUT2D eigenvalue weighted by molar-refractivity contribution is 0.566. The van der Waals surface area contributed by atoms with Crippen LogP contribution in [0.5, 0.6) is 0 Å². The molecule has 0 heterocycles. The third-order valence-corrected chi connectivity index (χ3v) is 4.98. The largest absolute Gasteiger partial charge is 0.282 e. The lowest BCUT2D eigenvalue weighted by Gasteiger charge is -2.20. The van der Waals surface area contributed by atoms with E-state index in [-0.39, 0.29) is 5.82 Å². The molecule has 0 spiro atoms. The normalized spacial score (nSPS) is 12.6.